The zero-order valence-corrected chi connectivity index (χ0v) is 18.2. The number of ketones is 1. The first-order valence-electron chi connectivity index (χ1n) is 10.3. The van der Waals surface area contributed by atoms with Gasteiger partial charge in [0.2, 0.25) is 0 Å². The number of hydrogen-bond acceptors (Lipinski definition) is 1. The van der Waals surface area contributed by atoms with Gasteiger partial charge in [0.25, 0.3) is 0 Å². The van der Waals surface area contributed by atoms with Crippen molar-refractivity contribution in [3.63, 3.8) is 0 Å². The van der Waals surface area contributed by atoms with E-state index in [1.54, 1.807) is 6.92 Å². The van der Waals surface area contributed by atoms with Crippen LogP contribution in [-0.2, 0) is 4.79 Å². The molecule has 0 saturated heterocycles. The van der Waals surface area contributed by atoms with E-state index in [-0.39, 0.29) is 5.78 Å². The molecule has 0 bridgehead atoms. The van der Waals surface area contributed by atoms with Crippen molar-refractivity contribution in [2.24, 2.45) is 0 Å². The van der Waals surface area contributed by atoms with Crippen LogP contribution >= 0.6 is 0 Å². The fraction of sp³-hybridized carbons (Fsp3) is 0.286. The Labute approximate surface area is 176 Å². The van der Waals surface area contributed by atoms with Gasteiger partial charge in [-0.05, 0) is 75.3 Å². The summed E-state index contributed by atoms with van der Waals surface area (Å²) in [5.74, 6) is 0.164. The van der Waals surface area contributed by atoms with Crippen molar-refractivity contribution in [2.45, 2.75) is 53.4 Å². The Kier molecular flexibility index (Phi) is 8.65. The summed E-state index contributed by atoms with van der Waals surface area (Å²) in [5, 5.41) is 0. The molecule has 0 saturated carbocycles. The Bertz CT molecular complexity index is 942. The summed E-state index contributed by atoms with van der Waals surface area (Å²) < 4.78 is 0. The Morgan fingerprint density at radius 1 is 1.21 bits per heavy atom. The van der Waals surface area contributed by atoms with E-state index in [4.69, 9.17) is 0 Å². The highest BCUT2D eigenvalue weighted by Crippen LogP contribution is 2.32. The summed E-state index contributed by atoms with van der Waals surface area (Å²) in [6.45, 7) is 11.7. The van der Waals surface area contributed by atoms with Gasteiger partial charge in [-0.15, -0.1) is 5.73 Å². The molecule has 150 valence electrons. The molecule has 2 aliphatic rings. The molecule has 0 aromatic rings. The molecular formula is C28H32O. The lowest BCUT2D eigenvalue weighted by Gasteiger charge is -2.16. The van der Waals surface area contributed by atoms with Crippen LogP contribution in [-0.4, -0.2) is 5.78 Å². The predicted molar refractivity (Wildman–Crippen MR) is 126 cm³/mol. The highest BCUT2D eigenvalue weighted by molar-refractivity contribution is 5.94. The van der Waals surface area contributed by atoms with Gasteiger partial charge in [0, 0.05) is 12.0 Å². The van der Waals surface area contributed by atoms with Crippen molar-refractivity contribution in [3.05, 3.63) is 112 Å². The minimum Gasteiger partial charge on any atom is -0.295 e. The van der Waals surface area contributed by atoms with Gasteiger partial charge in [0.15, 0.2) is 5.78 Å². The summed E-state index contributed by atoms with van der Waals surface area (Å²) in [7, 11) is 0. The second kappa shape index (κ2) is 11.2. The van der Waals surface area contributed by atoms with E-state index < -0.39 is 0 Å². The highest BCUT2D eigenvalue weighted by atomic mass is 16.1. The van der Waals surface area contributed by atoms with Crippen molar-refractivity contribution in [3.8, 4) is 0 Å². The van der Waals surface area contributed by atoms with Crippen molar-refractivity contribution in [1.29, 1.82) is 0 Å². The topological polar surface area (TPSA) is 17.1 Å². The summed E-state index contributed by atoms with van der Waals surface area (Å²) in [6.07, 6.45) is 24.3. The third-order valence-corrected chi connectivity index (χ3v) is 5.27. The Balaban J connectivity index is 2.37. The first kappa shape index (κ1) is 22.4. The van der Waals surface area contributed by atoms with Crippen LogP contribution in [0.15, 0.2) is 112 Å². The molecule has 0 aromatic heterocycles. The SMILES string of the molecule is C=CC(=CC=CC)C=C1CC=CC(C2=C=CCC(C)=C(C(C)=O)CC2=CC)=CC1. The molecule has 0 spiro atoms. The van der Waals surface area contributed by atoms with E-state index >= 15 is 0 Å². The van der Waals surface area contributed by atoms with Crippen LogP contribution in [0.25, 0.3) is 0 Å². The number of carbonyl (C=O) groups is 1. The third-order valence-electron chi connectivity index (χ3n) is 5.27. The molecule has 1 nitrogen and oxygen atoms in total. The molecule has 0 radical (unpaired) electrons. The lowest BCUT2D eigenvalue weighted by atomic mass is 9.87. The smallest absolute Gasteiger partial charge is 0.156 e. The lowest BCUT2D eigenvalue weighted by Crippen LogP contribution is -2.05. The Morgan fingerprint density at radius 3 is 2.66 bits per heavy atom. The van der Waals surface area contributed by atoms with Crippen LogP contribution in [0.4, 0.5) is 0 Å². The van der Waals surface area contributed by atoms with Crippen molar-refractivity contribution in [2.75, 3.05) is 0 Å². The zero-order valence-electron chi connectivity index (χ0n) is 18.2. The summed E-state index contributed by atoms with van der Waals surface area (Å²) in [5.41, 5.74) is 11.5. The minimum absolute atomic E-state index is 0.164. The van der Waals surface area contributed by atoms with Crippen LogP contribution in [0, 0.1) is 0 Å². The molecule has 1 heteroatoms. The maximum atomic E-state index is 12.1. The van der Waals surface area contributed by atoms with Crippen LogP contribution in [0.1, 0.15) is 53.4 Å². The van der Waals surface area contributed by atoms with Gasteiger partial charge in [-0.2, -0.15) is 0 Å². The zero-order chi connectivity index (χ0) is 21.2. The molecule has 0 aromatic carbocycles. The second-order valence-electron chi connectivity index (χ2n) is 7.40. The fourth-order valence-electron chi connectivity index (χ4n) is 3.54. The lowest BCUT2D eigenvalue weighted by molar-refractivity contribution is -0.113. The average Bonchev–Trinajstić information content (AvgIpc) is 2.93. The molecular weight excluding hydrogens is 352 g/mol. The van der Waals surface area contributed by atoms with Crippen molar-refractivity contribution >= 4 is 5.78 Å². The third kappa shape index (κ3) is 6.31. The molecule has 0 aliphatic heterocycles. The number of rotatable bonds is 5. The molecule has 0 fully saturated rings. The summed E-state index contributed by atoms with van der Waals surface area (Å²) in [6, 6.07) is 0. The molecule has 2 rings (SSSR count). The standard InChI is InChI=1S/C28H32O/c1-6-9-13-23(7-2)19-24-14-11-15-26(18-17-24)27-16-10-12-21(4)28(22(5)29)20-25(27)8-3/h6-11,13,15,18-19H,2,12,14,17,20H2,1,3-5H3. The quantitative estimate of drug-likeness (QED) is 0.352. The van der Waals surface area contributed by atoms with E-state index in [2.05, 4.69) is 54.8 Å². The largest absolute Gasteiger partial charge is 0.295 e. The van der Waals surface area contributed by atoms with Gasteiger partial charge in [-0.25, -0.2) is 0 Å². The molecule has 0 heterocycles. The van der Waals surface area contributed by atoms with Gasteiger partial charge >= 0.3 is 0 Å². The van der Waals surface area contributed by atoms with Gasteiger partial charge in [0.1, 0.15) is 0 Å². The minimum atomic E-state index is 0.164. The maximum absolute atomic E-state index is 12.1. The molecule has 0 unspecified atom stereocenters. The van der Waals surface area contributed by atoms with Crippen molar-refractivity contribution < 1.29 is 4.79 Å². The van der Waals surface area contributed by atoms with E-state index in [9.17, 15) is 4.79 Å². The average molecular weight is 385 g/mol. The summed E-state index contributed by atoms with van der Waals surface area (Å²) in [4.78, 5) is 12.1. The van der Waals surface area contributed by atoms with Crippen LogP contribution < -0.4 is 0 Å². The number of hydrogen-bond donors (Lipinski definition) is 0. The molecule has 0 N–H and O–H groups in total. The monoisotopic (exact) mass is 384 g/mol. The van der Waals surface area contributed by atoms with Gasteiger partial charge in [-0.3, -0.25) is 4.79 Å². The molecule has 0 atom stereocenters. The number of allylic oxidation sites excluding steroid dienone is 16. The number of Topliss-reactive ketones (excluding diaryl/α,β-unsaturated/α-hetero) is 1. The Hall–Kier alpha value is -2.89. The van der Waals surface area contributed by atoms with E-state index in [1.165, 1.54) is 11.1 Å². The summed E-state index contributed by atoms with van der Waals surface area (Å²) >= 11 is 0. The molecule has 2 aliphatic carbocycles. The molecule has 29 heavy (non-hydrogen) atoms. The van der Waals surface area contributed by atoms with Crippen LogP contribution in [0.5, 0.6) is 0 Å². The van der Waals surface area contributed by atoms with Gasteiger partial charge < -0.3 is 0 Å². The maximum Gasteiger partial charge on any atom is 0.156 e. The first-order chi connectivity index (χ1) is 14.0. The van der Waals surface area contributed by atoms with Crippen LogP contribution in [0.3, 0.4) is 0 Å². The van der Waals surface area contributed by atoms with E-state index in [1.807, 2.05) is 39.0 Å². The van der Waals surface area contributed by atoms with Gasteiger partial charge in [-0.1, -0.05) is 72.4 Å². The predicted octanol–water partition coefficient (Wildman–Crippen LogP) is 7.60. The van der Waals surface area contributed by atoms with E-state index in [0.717, 1.165) is 47.1 Å². The van der Waals surface area contributed by atoms with Crippen molar-refractivity contribution in [1.82, 2.24) is 0 Å². The molecule has 0 amide bonds. The Morgan fingerprint density at radius 2 is 2.00 bits per heavy atom. The second-order valence-corrected chi connectivity index (χ2v) is 7.40. The first-order valence-corrected chi connectivity index (χ1v) is 10.3. The number of carbonyl (C=O) groups excluding carboxylic acids is 1. The van der Waals surface area contributed by atoms with Crippen LogP contribution in [0.2, 0.25) is 0 Å². The fourth-order valence-corrected chi connectivity index (χ4v) is 3.54. The normalized spacial score (nSPS) is 21.2. The highest BCUT2D eigenvalue weighted by Gasteiger charge is 2.17. The van der Waals surface area contributed by atoms with Gasteiger partial charge in [0.05, 0.1) is 0 Å². The van der Waals surface area contributed by atoms with E-state index in [0.29, 0.717) is 6.42 Å².